The molecule has 2 nitrogen and oxygen atoms in total. The lowest BCUT2D eigenvalue weighted by atomic mass is 10.2. The number of benzene rings is 1. The topological polar surface area (TPSA) is 18.5 Å². The van der Waals surface area contributed by atoms with Gasteiger partial charge in [-0.25, -0.2) is 4.39 Å². The predicted octanol–water partition coefficient (Wildman–Crippen LogP) is 3.71. The van der Waals surface area contributed by atoms with E-state index in [0.717, 1.165) is 12.8 Å². The molecular weight excluding hydrogens is 207 g/mol. The fourth-order valence-corrected chi connectivity index (χ4v) is 1.39. The van der Waals surface area contributed by atoms with Crippen LogP contribution >= 0.6 is 0 Å². The number of rotatable bonds is 6. The molecule has 0 aliphatic carbocycles. The summed E-state index contributed by atoms with van der Waals surface area (Å²) in [5.41, 5.74) is 0.516. The van der Waals surface area contributed by atoms with Crippen molar-refractivity contribution in [2.45, 2.75) is 33.6 Å². The first-order valence-electron chi connectivity index (χ1n) is 5.75. The molecular formula is C13H19FO2. The molecule has 0 aliphatic rings. The Bertz CT molecular complexity index is 337. The van der Waals surface area contributed by atoms with Crippen molar-refractivity contribution in [3.05, 3.63) is 23.5 Å². The Morgan fingerprint density at radius 1 is 1.12 bits per heavy atom. The maximum absolute atomic E-state index is 13.8. The lowest BCUT2D eigenvalue weighted by Gasteiger charge is -2.12. The molecule has 0 atom stereocenters. The van der Waals surface area contributed by atoms with Crippen LogP contribution in [-0.2, 0) is 0 Å². The zero-order valence-corrected chi connectivity index (χ0v) is 10.2. The van der Waals surface area contributed by atoms with Crippen LogP contribution in [0, 0.1) is 12.7 Å². The average molecular weight is 226 g/mol. The van der Waals surface area contributed by atoms with Crippen molar-refractivity contribution in [2.75, 3.05) is 13.2 Å². The van der Waals surface area contributed by atoms with Crippen LogP contribution in [0.25, 0.3) is 0 Å². The van der Waals surface area contributed by atoms with Gasteiger partial charge in [0.1, 0.15) is 5.75 Å². The summed E-state index contributed by atoms with van der Waals surface area (Å²) in [6.07, 6.45) is 2.05. The van der Waals surface area contributed by atoms with Crippen LogP contribution in [0.5, 0.6) is 11.5 Å². The summed E-state index contributed by atoms with van der Waals surface area (Å²) in [4.78, 5) is 0. The van der Waals surface area contributed by atoms with Crippen LogP contribution < -0.4 is 9.47 Å². The molecule has 0 saturated heterocycles. The second kappa shape index (κ2) is 6.36. The molecule has 0 aliphatic heterocycles. The van der Waals surface area contributed by atoms with Gasteiger partial charge in [0.15, 0.2) is 11.6 Å². The van der Waals surface area contributed by atoms with E-state index >= 15 is 0 Å². The molecule has 1 aromatic carbocycles. The number of unbranched alkanes of at least 4 members (excludes halogenated alkanes) is 1. The first-order valence-corrected chi connectivity index (χ1v) is 5.75. The SMILES string of the molecule is CCCCOc1ccc(OCC)c(F)c1C. The average Bonchev–Trinajstić information content (AvgIpc) is 2.28. The van der Waals surface area contributed by atoms with Gasteiger partial charge >= 0.3 is 0 Å². The van der Waals surface area contributed by atoms with Crippen LogP contribution in [0.15, 0.2) is 12.1 Å². The molecule has 0 radical (unpaired) electrons. The van der Waals surface area contributed by atoms with Crippen LogP contribution in [0.3, 0.4) is 0 Å². The Morgan fingerprint density at radius 2 is 1.81 bits per heavy atom. The van der Waals surface area contributed by atoms with Gasteiger partial charge in [-0.3, -0.25) is 0 Å². The fraction of sp³-hybridized carbons (Fsp3) is 0.538. The van der Waals surface area contributed by atoms with Crippen LogP contribution in [0.1, 0.15) is 32.3 Å². The molecule has 3 heteroatoms. The highest BCUT2D eigenvalue weighted by Gasteiger charge is 2.11. The lowest BCUT2D eigenvalue weighted by molar-refractivity contribution is 0.297. The minimum absolute atomic E-state index is 0.294. The second-order valence-corrected chi connectivity index (χ2v) is 3.64. The molecule has 0 fully saturated rings. The minimum Gasteiger partial charge on any atom is -0.493 e. The summed E-state index contributed by atoms with van der Waals surface area (Å²) in [5, 5.41) is 0. The predicted molar refractivity (Wildman–Crippen MR) is 62.7 cm³/mol. The highest BCUT2D eigenvalue weighted by Crippen LogP contribution is 2.28. The van der Waals surface area contributed by atoms with E-state index in [1.54, 1.807) is 19.1 Å². The monoisotopic (exact) mass is 226 g/mol. The quantitative estimate of drug-likeness (QED) is 0.688. The molecule has 0 unspecified atom stereocenters. The number of hydrogen-bond donors (Lipinski definition) is 0. The molecule has 1 rings (SSSR count). The number of halogens is 1. The first-order chi connectivity index (χ1) is 7.70. The third-order valence-electron chi connectivity index (χ3n) is 2.36. The van der Waals surface area contributed by atoms with E-state index in [1.807, 2.05) is 6.92 Å². The van der Waals surface area contributed by atoms with Gasteiger partial charge in [0.2, 0.25) is 0 Å². The summed E-state index contributed by atoms with van der Waals surface area (Å²) < 4.78 is 24.4. The van der Waals surface area contributed by atoms with Crippen LogP contribution in [0.2, 0.25) is 0 Å². The number of ether oxygens (including phenoxy) is 2. The highest BCUT2D eigenvalue weighted by molar-refractivity contribution is 5.41. The van der Waals surface area contributed by atoms with E-state index < -0.39 is 0 Å². The molecule has 0 aromatic heterocycles. The molecule has 16 heavy (non-hydrogen) atoms. The Hall–Kier alpha value is -1.25. The van der Waals surface area contributed by atoms with Gasteiger partial charge in [-0.1, -0.05) is 13.3 Å². The lowest BCUT2D eigenvalue weighted by Crippen LogP contribution is -2.02. The van der Waals surface area contributed by atoms with Crippen molar-refractivity contribution in [2.24, 2.45) is 0 Å². The summed E-state index contributed by atoms with van der Waals surface area (Å²) in [6.45, 7) is 6.73. The minimum atomic E-state index is -0.323. The van der Waals surface area contributed by atoms with Crippen LogP contribution in [-0.4, -0.2) is 13.2 Å². The third kappa shape index (κ3) is 3.12. The largest absolute Gasteiger partial charge is 0.493 e. The summed E-state index contributed by atoms with van der Waals surface area (Å²) in [6, 6.07) is 3.38. The molecule has 90 valence electrons. The number of hydrogen-bond acceptors (Lipinski definition) is 2. The van der Waals surface area contributed by atoms with E-state index in [4.69, 9.17) is 9.47 Å². The van der Waals surface area contributed by atoms with Crippen molar-refractivity contribution >= 4 is 0 Å². The summed E-state index contributed by atoms with van der Waals surface area (Å²) >= 11 is 0. The third-order valence-corrected chi connectivity index (χ3v) is 2.36. The van der Waals surface area contributed by atoms with Gasteiger partial charge in [-0.15, -0.1) is 0 Å². The Labute approximate surface area is 96.4 Å². The van der Waals surface area contributed by atoms with Gasteiger partial charge in [0, 0.05) is 5.56 Å². The van der Waals surface area contributed by atoms with Gasteiger partial charge in [0.25, 0.3) is 0 Å². The Balaban J connectivity index is 2.76. The zero-order chi connectivity index (χ0) is 12.0. The fourth-order valence-electron chi connectivity index (χ4n) is 1.39. The summed E-state index contributed by atoms with van der Waals surface area (Å²) in [7, 11) is 0. The van der Waals surface area contributed by atoms with Crippen LogP contribution in [0.4, 0.5) is 4.39 Å². The van der Waals surface area contributed by atoms with Gasteiger partial charge < -0.3 is 9.47 Å². The first kappa shape index (κ1) is 12.8. The van der Waals surface area contributed by atoms with Crippen molar-refractivity contribution in [1.82, 2.24) is 0 Å². The van der Waals surface area contributed by atoms with Crippen molar-refractivity contribution < 1.29 is 13.9 Å². The molecule has 1 aromatic rings. The Kier molecular flexibility index (Phi) is 5.09. The molecule has 0 bridgehead atoms. The maximum Gasteiger partial charge on any atom is 0.171 e. The zero-order valence-electron chi connectivity index (χ0n) is 10.2. The van der Waals surface area contributed by atoms with Crippen molar-refractivity contribution in [3.63, 3.8) is 0 Å². The molecule has 0 amide bonds. The molecule has 0 saturated carbocycles. The standard InChI is InChI=1S/C13H19FO2/c1-4-6-9-16-11-7-8-12(15-5-2)13(14)10(11)3/h7-8H,4-6,9H2,1-3H3. The smallest absolute Gasteiger partial charge is 0.171 e. The Morgan fingerprint density at radius 3 is 2.44 bits per heavy atom. The van der Waals surface area contributed by atoms with E-state index in [9.17, 15) is 4.39 Å². The molecule has 0 N–H and O–H groups in total. The van der Waals surface area contributed by atoms with Crippen molar-refractivity contribution in [1.29, 1.82) is 0 Å². The molecule has 0 heterocycles. The molecule has 0 spiro atoms. The van der Waals surface area contributed by atoms with Crippen molar-refractivity contribution in [3.8, 4) is 11.5 Å². The van der Waals surface area contributed by atoms with E-state index in [2.05, 4.69) is 6.92 Å². The van der Waals surface area contributed by atoms with Gasteiger partial charge in [-0.2, -0.15) is 0 Å². The van der Waals surface area contributed by atoms with E-state index in [1.165, 1.54) is 0 Å². The van der Waals surface area contributed by atoms with E-state index in [-0.39, 0.29) is 5.82 Å². The maximum atomic E-state index is 13.8. The van der Waals surface area contributed by atoms with Gasteiger partial charge in [-0.05, 0) is 32.4 Å². The highest BCUT2D eigenvalue weighted by atomic mass is 19.1. The summed E-state index contributed by atoms with van der Waals surface area (Å²) in [5.74, 6) is 0.577. The second-order valence-electron chi connectivity index (χ2n) is 3.64. The van der Waals surface area contributed by atoms with Gasteiger partial charge in [0.05, 0.1) is 13.2 Å². The van der Waals surface area contributed by atoms with E-state index in [0.29, 0.717) is 30.3 Å². The normalized spacial score (nSPS) is 10.2.